The molecule has 0 aromatic heterocycles. The smallest absolute Gasteiger partial charge is 0.0546 e. The van der Waals surface area contributed by atoms with Crippen LogP contribution in [0, 0.1) is 0 Å². The third-order valence-corrected chi connectivity index (χ3v) is 12.9. The summed E-state index contributed by atoms with van der Waals surface area (Å²) in [5.41, 5.74) is 20.6. The highest BCUT2D eigenvalue weighted by Gasteiger charge is 2.35. The lowest BCUT2D eigenvalue weighted by atomic mass is 9.81. The van der Waals surface area contributed by atoms with Gasteiger partial charge in [-0.3, -0.25) is 0 Å². The third kappa shape index (κ3) is 6.51. The summed E-state index contributed by atoms with van der Waals surface area (Å²) in [7, 11) is 0. The molecule has 10 aromatic rings. The quantitative estimate of drug-likeness (QED) is 0.148. The maximum atomic E-state index is 2.44. The maximum absolute atomic E-state index is 2.44. The first kappa shape index (κ1) is 37.3. The molecular formula is C61H45N. The summed E-state index contributed by atoms with van der Waals surface area (Å²) in [4.78, 5) is 2.44. The van der Waals surface area contributed by atoms with Crippen LogP contribution in [0.15, 0.2) is 237 Å². The van der Waals surface area contributed by atoms with E-state index in [0.717, 1.165) is 17.1 Å². The van der Waals surface area contributed by atoms with Crippen LogP contribution in [0.4, 0.5) is 17.1 Å². The Balaban J connectivity index is 1.08. The molecule has 0 atom stereocenters. The van der Waals surface area contributed by atoms with Crippen LogP contribution in [0.3, 0.4) is 0 Å². The Morgan fingerprint density at radius 3 is 1.45 bits per heavy atom. The lowest BCUT2D eigenvalue weighted by Crippen LogP contribution is -2.14. The van der Waals surface area contributed by atoms with Gasteiger partial charge in [0.2, 0.25) is 0 Å². The zero-order valence-electron chi connectivity index (χ0n) is 35.0. The van der Waals surface area contributed by atoms with E-state index in [0.29, 0.717) is 0 Å². The summed E-state index contributed by atoms with van der Waals surface area (Å²) in [6, 6.07) is 86.7. The third-order valence-electron chi connectivity index (χ3n) is 12.9. The van der Waals surface area contributed by atoms with Crippen molar-refractivity contribution in [2.24, 2.45) is 0 Å². The first-order valence-electron chi connectivity index (χ1n) is 21.6. The van der Waals surface area contributed by atoms with Crippen molar-refractivity contribution in [1.82, 2.24) is 0 Å². The van der Waals surface area contributed by atoms with Crippen LogP contribution in [-0.4, -0.2) is 0 Å². The molecule has 1 heteroatoms. The van der Waals surface area contributed by atoms with Gasteiger partial charge in [0.25, 0.3) is 0 Å². The highest BCUT2D eigenvalue weighted by atomic mass is 15.1. The van der Waals surface area contributed by atoms with E-state index in [9.17, 15) is 0 Å². The molecule has 0 bridgehead atoms. The highest BCUT2D eigenvalue weighted by Crippen LogP contribution is 2.51. The predicted octanol–water partition coefficient (Wildman–Crippen LogP) is 17.0. The first-order chi connectivity index (χ1) is 30.5. The Hall–Kier alpha value is -7.74. The van der Waals surface area contributed by atoms with Crippen molar-refractivity contribution in [3.05, 3.63) is 248 Å². The zero-order chi connectivity index (χ0) is 41.6. The molecule has 0 aliphatic heterocycles. The van der Waals surface area contributed by atoms with Gasteiger partial charge in [-0.2, -0.15) is 0 Å². The fraction of sp³-hybridized carbons (Fsp3) is 0.0492. The van der Waals surface area contributed by atoms with E-state index < -0.39 is 0 Å². The van der Waals surface area contributed by atoms with Crippen LogP contribution >= 0.6 is 0 Å². The second-order valence-corrected chi connectivity index (χ2v) is 16.9. The van der Waals surface area contributed by atoms with Gasteiger partial charge in [-0.1, -0.05) is 208 Å². The Kier molecular flexibility index (Phi) is 9.24. The first-order valence-corrected chi connectivity index (χ1v) is 21.6. The van der Waals surface area contributed by atoms with Crippen molar-refractivity contribution >= 4 is 27.8 Å². The Morgan fingerprint density at radius 1 is 0.290 bits per heavy atom. The number of rotatable bonds is 8. The Morgan fingerprint density at radius 2 is 0.774 bits per heavy atom. The van der Waals surface area contributed by atoms with Gasteiger partial charge in [0.15, 0.2) is 0 Å². The molecule has 11 rings (SSSR count). The van der Waals surface area contributed by atoms with Crippen LogP contribution in [0.1, 0.15) is 25.0 Å². The summed E-state index contributed by atoms with van der Waals surface area (Å²) in [5.74, 6) is 0. The number of nitrogens with zero attached hydrogens (tertiary/aromatic N) is 1. The van der Waals surface area contributed by atoms with Crippen LogP contribution < -0.4 is 4.90 Å². The van der Waals surface area contributed by atoms with Crippen LogP contribution in [0.5, 0.6) is 0 Å². The molecule has 0 saturated heterocycles. The summed E-state index contributed by atoms with van der Waals surface area (Å²) >= 11 is 0. The lowest BCUT2D eigenvalue weighted by molar-refractivity contribution is 0.660. The molecule has 0 fully saturated rings. The Bertz CT molecular complexity index is 3230. The van der Waals surface area contributed by atoms with Crippen LogP contribution in [0.2, 0.25) is 0 Å². The zero-order valence-corrected chi connectivity index (χ0v) is 35.0. The second kappa shape index (κ2) is 15.4. The minimum absolute atomic E-state index is 0.0616. The van der Waals surface area contributed by atoms with Crippen molar-refractivity contribution in [2.75, 3.05) is 4.90 Å². The minimum Gasteiger partial charge on any atom is -0.310 e. The average Bonchev–Trinajstić information content (AvgIpc) is 3.57. The van der Waals surface area contributed by atoms with Crippen molar-refractivity contribution in [3.63, 3.8) is 0 Å². The summed E-state index contributed by atoms with van der Waals surface area (Å²) in [6.07, 6.45) is 0. The van der Waals surface area contributed by atoms with Crippen molar-refractivity contribution < 1.29 is 0 Å². The normalized spacial score (nSPS) is 12.5. The van der Waals surface area contributed by atoms with E-state index >= 15 is 0 Å². The van der Waals surface area contributed by atoms with Gasteiger partial charge in [-0.15, -0.1) is 0 Å². The molecule has 10 aromatic carbocycles. The Labute approximate surface area is 364 Å². The van der Waals surface area contributed by atoms with E-state index in [1.54, 1.807) is 0 Å². The van der Waals surface area contributed by atoms with Crippen LogP contribution in [-0.2, 0) is 5.41 Å². The highest BCUT2D eigenvalue weighted by molar-refractivity contribution is 6.01. The average molecular weight is 792 g/mol. The van der Waals surface area contributed by atoms with Crippen molar-refractivity contribution in [2.45, 2.75) is 19.3 Å². The molecule has 0 unspecified atom stereocenters. The monoisotopic (exact) mass is 791 g/mol. The van der Waals surface area contributed by atoms with Crippen molar-refractivity contribution in [3.8, 4) is 66.8 Å². The van der Waals surface area contributed by atoms with Gasteiger partial charge in [-0.25, -0.2) is 0 Å². The SMILES string of the molecule is CC1(C)c2ccccc2-c2ccc(-c3ccc(N(c4ccc(-c5ccc6ccccc6c5)cc4)c4cccc(-c5ccccc5)c4-c4ccccc4-c4ccccc4)cc3)cc21. The number of benzene rings is 10. The van der Waals surface area contributed by atoms with Crippen molar-refractivity contribution in [1.29, 1.82) is 0 Å². The molecule has 62 heavy (non-hydrogen) atoms. The topological polar surface area (TPSA) is 3.24 Å². The predicted molar refractivity (Wildman–Crippen MR) is 263 cm³/mol. The second-order valence-electron chi connectivity index (χ2n) is 16.9. The lowest BCUT2D eigenvalue weighted by Gasteiger charge is -2.30. The molecule has 0 amide bonds. The number of anilines is 3. The van der Waals surface area contributed by atoms with E-state index in [4.69, 9.17) is 0 Å². The van der Waals surface area contributed by atoms with Gasteiger partial charge < -0.3 is 4.90 Å². The van der Waals surface area contributed by atoms with Crippen LogP contribution in [0.25, 0.3) is 77.5 Å². The summed E-state index contributed by atoms with van der Waals surface area (Å²) in [6.45, 7) is 4.70. The van der Waals surface area contributed by atoms with Gasteiger partial charge in [0, 0.05) is 22.4 Å². The summed E-state index contributed by atoms with van der Waals surface area (Å²) in [5, 5.41) is 2.49. The largest absolute Gasteiger partial charge is 0.310 e. The minimum atomic E-state index is -0.0616. The molecule has 1 aliphatic rings. The molecule has 0 saturated carbocycles. The van der Waals surface area contributed by atoms with Gasteiger partial charge in [0.05, 0.1) is 5.69 Å². The maximum Gasteiger partial charge on any atom is 0.0546 e. The number of fused-ring (bicyclic) bond motifs is 4. The van der Waals surface area contributed by atoms with E-state index in [-0.39, 0.29) is 5.41 Å². The molecule has 0 spiro atoms. The fourth-order valence-electron chi connectivity index (χ4n) is 9.72. The standard InChI is InChI=1S/C61H45N/c1-61(2)57-26-14-13-23-54(57)55-39-34-49(41-58(55)61)44-32-37-51(38-33-44)62(50-35-30-43(31-36-50)48-29-28-42-16-9-10-21-47(42)40-48)59-27-15-25-53(46-19-7-4-8-20-46)60(59)56-24-12-11-22-52(56)45-17-5-3-6-18-45/h3-41H,1-2H3. The van der Waals surface area contributed by atoms with E-state index in [2.05, 4.69) is 255 Å². The fourth-order valence-corrected chi connectivity index (χ4v) is 9.72. The molecule has 0 heterocycles. The van der Waals surface area contributed by atoms with E-state index in [1.165, 1.54) is 88.7 Å². The molecule has 294 valence electrons. The molecule has 0 N–H and O–H groups in total. The molecule has 1 nitrogen and oxygen atoms in total. The van der Waals surface area contributed by atoms with Gasteiger partial charge in [-0.05, 0) is 126 Å². The van der Waals surface area contributed by atoms with Gasteiger partial charge >= 0.3 is 0 Å². The molecule has 0 radical (unpaired) electrons. The summed E-state index contributed by atoms with van der Waals surface area (Å²) < 4.78 is 0. The van der Waals surface area contributed by atoms with Gasteiger partial charge in [0.1, 0.15) is 0 Å². The van der Waals surface area contributed by atoms with E-state index in [1.807, 2.05) is 0 Å². The molecule has 1 aliphatic carbocycles. The number of hydrogen-bond acceptors (Lipinski definition) is 1. The number of hydrogen-bond donors (Lipinski definition) is 0. The molecular weight excluding hydrogens is 747 g/mol.